The Morgan fingerprint density at radius 1 is 1.32 bits per heavy atom. The van der Waals surface area contributed by atoms with Crippen LogP contribution >= 0.6 is 24.2 Å². The van der Waals surface area contributed by atoms with Crippen molar-refractivity contribution >= 4 is 41.7 Å². The van der Waals surface area contributed by atoms with Crippen molar-refractivity contribution in [3.8, 4) is 0 Å². The van der Waals surface area contributed by atoms with E-state index in [9.17, 15) is 9.59 Å². The molecule has 4 N–H and O–H groups in total. The van der Waals surface area contributed by atoms with E-state index in [1.165, 1.54) is 11.8 Å². The van der Waals surface area contributed by atoms with Gasteiger partial charge in [0.15, 0.2) is 0 Å². The fraction of sp³-hybridized carbons (Fsp3) is 0.556. The lowest BCUT2D eigenvalue weighted by molar-refractivity contribution is -0.122. The number of carbonyl (C=O) groups is 2. The molecule has 1 fully saturated rings. The van der Waals surface area contributed by atoms with Gasteiger partial charge in [-0.25, -0.2) is 0 Å². The summed E-state index contributed by atoms with van der Waals surface area (Å²) >= 11 is 1.33. The van der Waals surface area contributed by atoms with E-state index in [1.54, 1.807) is 0 Å². The molecule has 0 bridgehead atoms. The maximum absolute atomic E-state index is 12.3. The Hall–Kier alpha value is -1.24. The molecule has 0 aromatic heterocycles. The quantitative estimate of drug-likeness (QED) is 0.642. The number of amides is 2. The summed E-state index contributed by atoms with van der Waals surface area (Å²) in [7, 11) is 0. The van der Waals surface area contributed by atoms with Crippen LogP contribution < -0.4 is 16.4 Å². The topological polar surface area (TPSA) is 84.2 Å². The number of hydrogen-bond donors (Lipinski definition) is 3. The number of halogens is 1. The lowest BCUT2D eigenvalue weighted by Crippen LogP contribution is -2.55. The Kier molecular flexibility index (Phi) is 8.25. The van der Waals surface area contributed by atoms with Crippen molar-refractivity contribution in [2.45, 2.75) is 44.4 Å². The number of thioether (sulfide) groups is 1. The predicted molar refractivity (Wildman–Crippen MR) is 107 cm³/mol. The molecule has 2 rings (SSSR count). The van der Waals surface area contributed by atoms with Crippen molar-refractivity contribution < 1.29 is 9.59 Å². The van der Waals surface area contributed by atoms with Crippen LogP contribution in [0.15, 0.2) is 24.3 Å². The van der Waals surface area contributed by atoms with Crippen LogP contribution in [-0.4, -0.2) is 34.9 Å². The molecule has 1 saturated carbocycles. The van der Waals surface area contributed by atoms with E-state index in [-0.39, 0.29) is 40.8 Å². The van der Waals surface area contributed by atoms with Crippen molar-refractivity contribution in [2.24, 2.45) is 11.7 Å². The van der Waals surface area contributed by atoms with Gasteiger partial charge in [-0.2, -0.15) is 0 Å². The van der Waals surface area contributed by atoms with Crippen molar-refractivity contribution in [1.29, 1.82) is 0 Å². The molecule has 140 valence electrons. The number of anilines is 1. The molecular formula is C18H28ClN3O2S. The molecule has 2 unspecified atom stereocenters. The van der Waals surface area contributed by atoms with E-state index in [2.05, 4.69) is 10.6 Å². The highest BCUT2D eigenvalue weighted by atomic mass is 35.5. The lowest BCUT2D eigenvalue weighted by atomic mass is 9.96. The van der Waals surface area contributed by atoms with E-state index >= 15 is 0 Å². The minimum absolute atomic E-state index is 0. The number of nitrogens with one attached hydrogen (secondary N) is 2. The zero-order chi connectivity index (χ0) is 17.7. The van der Waals surface area contributed by atoms with Crippen LogP contribution in [0.4, 0.5) is 5.69 Å². The Morgan fingerprint density at radius 2 is 1.92 bits per heavy atom. The second-order valence-electron chi connectivity index (χ2n) is 6.75. The Bertz CT molecular complexity index is 592. The van der Waals surface area contributed by atoms with Gasteiger partial charge < -0.3 is 16.4 Å². The molecule has 2 amide bonds. The standard InChI is InChI=1S/C18H27N3O2S.ClH/c1-12-4-8-15(9-5-12)20-16(22)10-24-13(2)17(23)21-18(3,11-19)14-6-7-14;/h4-5,8-9,13-14H,6-7,10-11,19H2,1-3H3,(H,20,22)(H,21,23);1H. The van der Waals surface area contributed by atoms with E-state index in [4.69, 9.17) is 5.73 Å². The first-order chi connectivity index (χ1) is 11.3. The number of nitrogens with two attached hydrogens (primary N) is 1. The predicted octanol–water partition coefficient (Wildman–Crippen LogP) is 2.72. The third-order valence-electron chi connectivity index (χ3n) is 4.48. The van der Waals surface area contributed by atoms with Crippen LogP contribution in [0.2, 0.25) is 0 Å². The SMILES string of the molecule is Cc1ccc(NC(=O)CSC(C)C(=O)NC(C)(CN)C2CC2)cc1.Cl. The Morgan fingerprint density at radius 3 is 2.44 bits per heavy atom. The summed E-state index contributed by atoms with van der Waals surface area (Å²) in [6, 6.07) is 7.64. The van der Waals surface area contributed by atoms with Gasteiger partial charge >= 0.3 is 0 Å². The average molecular weight is 386 g/mol. The third-order valence-corrected chi connectivity index (χ3v) is 5.62. The summed E-state index contributed by atoms with van der Waals surface area (Å²) < 4.78 is 0. The Balaban J connectivity index is 0.00000312. The number of hydrogen-bond acceptors (Lipinski definition) is 4. The van der Waals surface area contributed by atoms with Gasteiger partial charge in [0, 0.05) is 12.2 Å². The molecule has 0 saturated heterocycles. The van der Waals surface area contributed by atoms with Crippen molar-refractivity contribution in [3.05, 3.63) is 29.8 Å². The highest BCUT2D eigenvalue weighted by molar-refractivity contribution is 8.01. The molecule has 1 aliphatic carbocycles. The summed E-state index contributed by atoms with van der Waals surface area (Å²) in [6.07, 6.45) is 2.24. The van der Waals surface area contributed by atoms with Crippen LogP contribution in [0.3, 0.4) is 0 Å². The van der Waals surface area contributed by atoms with Gasteiger partial charge in [0.2, 0.25) is 11.8 Å². The van der Waals surface area contributed by atoms with Gasteiger partial charge in [-0.3, -0.25) is 9.59 Å². The van der Waals surface area contributed by atoms with Crippen molar-refractivity contribution in [2.75, 3.05) is 17.6 Å². The highest BCUT2D eigenvalue weighted by Gasteiger charge is 2.42. The summed E-state index contributed by atoms with van der Waals surface area (Å²) in [5, 5.41) is 5.61. The number of rotatable bonds is 8. The summed E-state index contributed by atoms with van der Waals surface area (Å²) in [5.41, 5.74) is 7.42. The van der Waals surface area contributed by atoms with Crippen LogP contribution in [0.5, 0.6) is 0 Å². The minimum Gasteiger partial charge on any atom is -0.348 e. The van der Waals surface area contributed by atoms with E-state index in [1.807, 2.05) is 45.0 Å². The molecule has 25 heavy (non-hydrogen) atoms. The van der Waals surface area contributed by atoms with Crippen LogP contribution in [0.25, 0.3) is 0 Å². The summed E-state index contributed by atoms with van der Waals surface area (Å²) in [5.74, 6) is 0.564. The minimum atomic E-state index is -0.323. The van der Waals surface area contributed by atoms with E-state index in [0.29, 0.717) is 12.5 Å². The fourth-order valence-corrected chi connectivity index (χ4v) is 3.22. The molecule has 1 aliphatic rings. The smallest absolute Gasteiger partial charge is 0.234 e. The van der Waals surface area contributed by atoms with Gasteiger partial charge in [-0.05, 0) is 51.7 Å². The molecule has 1 aromatic rings. The van der Waals surface area contributed by atoms with Crippen molar-refractivity contribution in [3.63, 3.8) is 0 Å². The van der Waals surface area contributed by atoms with E-state index in [0.717, 1.165) is 24.1 Å². The lowest BCUT2D eigenvalue weighted by Gasteiger charge is -2.30. The number of benzene rings is 1. The first-order valence-electron chi connectivity index (χ1n) is 8.34. The second kappa shape index (κ2) is 9.46. The van der Waals surface area contributed by atoms with Crippen LogP contribution in [-0.2, 0) is 9.59 Å². The summed E-state index contributed by atoms with van der Waals surface area (Å²) in [6.45, 7) is 6.26. The average Bonchev–Trinajstić information content (AvgIpc) is 3.40. The maximum atomic E-state index is 12.3. The second-order valence-corrected chi connectivity index (χ2v) is 8.08. The molecule has 0 spiro atoms. The molecule has 2 atom stereocenters. The normalized spacial score (nSPS) is 17.0. The van der Waals surface area contributed by atoms with Gasteiger partial charge in [0.25, 0.3) is 0 Å². The van der Waals surface area contributed by atoms with Crippen LogP contribution in [0.1, 0.15) is 32.3 Å². The Labute approximate surface area is 160 Å². The maximum Gasteiger partial charge on any atom is 0.234 e. The number of carbonyl (C=O) groups excluding carboxylic acids is 2. The zero-order valence-corrected chi connectivity index (χ0v) is 16.6. The van der Waals surface area contributed by atoms with Gasteiger partial charge in [-0.1, -0.05) is 17.7 Å². The zero-order valence-electron chi connectivity index (χ0n) is 15.0. The molecular weight excluding hydrogens is 358 g/mol. The molecule has 0 aliphatic heterocycles. The van der Waals surface area contributed by atoms with Crippen molar-refractivity contribution in [1.82, 2.24) is 5.32 Å². The number of aryl methyl sites for hydroxylation is 1. The molecule has 1 aromatic carbocycles. The largest absolute Gasteiger partial charge is 0.348 e. The van der Waals surface area contributed by atoms with Gasteiger partial charge in [0.05, 0.1) is 16.5 Å². The monoisotopic (exact) mass is 385 g/mol. The van der Waals surface area contributed by atoms with Crippen LogP contribution in [0, 0.1) is 12.8 Å². The van der Waals surface area contributed by atoms with Gasteiger partial charge in [-0.15, -0.1) is 24.2 Å². The highest BCUT2D eigenvalue weighted by Crippen LogP contribution is 2.39. The van der Waals surface area contributed by atoms with Gasteiger partial charge in [0.1, 0.15) is 0 Å². The molecule has 5 nitrogen and oxygen atoms in total. The molecule has 0 radical (unpaired) electrons. The first-order valence-corrected chi connectivity index (χ1v) is 9.39. The summed E-state index contributed by atoms with van der Waals surface area (Å²) in [4.78, 5) is 24.3. The molecule has 7 heteroatoms. The fourth-order valence-electron chi connectivity index (χ4n) is 2.53. The first kappa shape index (κ1) is 21.8. The molecule has 0 heterocycles. The third kappa shape index (κ3) is 6.53. The van der Waals surface area contributed by atoms with E-state index < -0.39 is 0 Å².